The number of alkyl halides is 3. The van der Waals surface area contributed by atoms with Gasteiger partial charge in [-0.3, -0.25) is 0 Å². The number of primary amides is 1. The molecule has 11 heteroatoms. The Balaban J connectivity index is 1.73. The van der Waals surface area contributed by atoms with E-state index in [1.807, 2.05) is 0 Å². The van der Waals surface area contributed by atoms with Crippen LogP contribution in [0.4, 0.5) is 23.8 Å². The first-order valence-corrected chi connectivity index (χ1v) is 10.2. The highest BCUT2D eigenvalue weighted by Crippen LogP contribution is 2.37. The monoisotopic (exact) mass is 465 g/mol. The van der Waals surface area contributed by atoms with Crippen LogP contribution in [0.15, 0.2) is 42.7 Å². The Morgan fingerprint density at radius 1 is 1.25 bits per heavy atom. The van der Waals surface area contributed by atoms with E-state index in [1.165, 1.54) is 18.5 Å². The van der Waals surface area contributed by atoms with Gasteiger partial charge >= 0.3 is 12.3 Å². The van der Waals surface area contributed by atoms with Gasteiger partial charge in [0.1, 0.15) is 17.7 Å². The first-order chi connectivity index (χ1) is 15.2. The number of amides is 1. The number of hydrogen-bond donors (Lipinski definition) is 2. The summed E-state index contributed by atoms with van der Waals surface area (Å²) in [6.07, 6.45) is -3.24. The van der Waals surface area contributed by atoms with Crippen molar-refractivity contribution >= 4 is 34.4 Å². The van der Waals surface area contributed by atoms with Gasteiger partial charge in [-0.05, 0) is 49.3 Å². The number of nitrogens with one attached hydrogen (secondary N) is 1. The number of likely N-dealkylation sites (tertiary alicyclic amines) is 1. The van der Waals surface area contributed by atoms with Gasteiger partial charge in [0.2, 0.25) is 0 Å². The minimum Gasteiger partial charge on any atom is -0.408 e. The average Bonchev–Trinajstić information content (AvgIpc) is 2.69. The Kier molecular flexibility index (Phi) is 6.07. The second-order valence-corrected chi connectivity index (χ2v) is 7.79. The van der Waals surface area contributed by atoms with Gasteiger partial charge in [-0.15, -0.1) is 0 Å². The van der Waals surface area contributed by atoms with Crippen molar-refractivity contribution in [3.63, 3.8) is 0 Å². The fourth-order valence-corrected chi connectivity index (χ4v) is 3.79. The second-order valence-electron chi connectivity index (χ2n) is 7.38. The van der Waals surface area contributed by atoms with E-state index < -0.39 is 23.9 Å². The van der Waals surface area contributed by atoms with E-state index in [0.717, 1.165) is 25.6 Å². The van der Waals surface area contributed by atoms with Crippen LogP contribution in [0.1, 0.15) is 23.6 Å². The summed E-state index contributed by atoms with van der Waals surface area (Å²) in [5.74, 6) is 0.546. The highest BCUT2D eigenvalue weighted by molar-refractivity contribution is 6.31. The smallest absolute Gasteiger partial charge is 0.408 e. The standard InChI is InChI=1S/C21H19ClF3N5O2/c22-15-6-5-12(9-14(15)21(23,24)25)16(10-30-7-2-8-30)29-19-13-3-1-4-17(32-20(26)31)18(13)27-11-28-19/h1,3-6,9,11,16H,2,7-8,10H2,(H2,26,31)(H,27,28,29)/t16-/m1/s1. The molecule has 0 saturated carbocycles. The maximum Gasteiger partial charge on any atom is 0.417 e. The molecule has 1 aliphatic rings. The lowest BCUT2D eigenvalue weighted by molar-refractivity contribution is -0.137. The lowest BCUT2D eigenvalue weighted by Gasteiger charge is -2.35. The van der Waals surface area contributed by atoms with Gasteiger partial charge in [0.05, 0.1) is 16.6 Å². The summed E-state index contributed by atoms with van der Waals surface area (Å²) in [7, 11) is 0. The van der Waals surface area contributed by atoms with Gasteiger partial charge in [0.15, 0.2) is 5.75 Å². The van der Waals surface area contributed by atoms with Crippen LogP contribution in [0, 0.1) is 0 Å². The zero-order valence-corrected chi connectivity index (χ0v) is 17.5. The Bertz CT molecular complexity index is 1150. The first kappa shape index (κ1) is 22.1. The number of halogens is 4. The molecule has 1 saturated heterocycles. The summed E-state index contributed by atoms with van der Waals surface area (Å²) in [6.45, 7) is 2.19. The van der Waals surface area contributed by atoms with Crippen molar-refractivity contribution in [2.24, 2.45) is 5.73 Å². The lowest BCUT2D eigenvalue weighted by Crippen LogP contribution is -2.41. The number of hydrogen-bond acceptors (Lipinski definition) is 6. The molecular weight excluding hydrogens is 447 g/mol. The summed E-state index contributed by atoms with van der Waals surface area (Å²) in [4.78, 5) is 21.8. The maximum absolute atomic E-state index is 13.4. The van der Waals surface area contributed by atoms with Crippen LogP contribution in [0.3, 0.4) is 0 Å². The molecule has 1 amide bonds. The van der Waals surface area contributed by atoms with Crippen molar-refractivity contribution in [1.29, 1.82) is 0 Å². The molecule has 168 valence electrons. The zero-order chi connectivity index (χ0) is 22.9. The quantitative estimate of drug-likeness (QED) is 0.552. The number of para-hydroxylation sites is 1. The van der Waals surface area contributed by atoms with E-state index in [0.29, 0.717) is 28.8 Å². The van der Waals surface area contributed by atoms with Crippen molar-refractivity contribution in [2.75, 3.05) is 25.0 Å². The highest BCUT2D eigenvalue weighted by atomic mass is 35.5. The van der Waals surface area contributed by atoms with Gasteiger partial charge in [-0.1, -0.05) is 23.7 Å². The summed E-state index contributed by atoms with van der Waals surface area (Å²) in [5.41, 5.74) is 5.00. The number of rotatable bonds is 6. The molecule has 0 unspecified atom stereocenters. The maximum atomic E-state index is 13.4. The normalized spacial score (nSPS) is 15.2. The van der Waals surface area contributed by atoms with Crippen molar-refractivity contribution in [2.45, 2.75) is 18.6 Å². The summed E-state index contributed by atoms with van der Waals surface area (Å²) >= 11 is 5.80. The molecule has 1 aliphatic heterocycles. The molecule has 0 radical (unpaired) electrons. The average molecular weight is 466 g/mol. The van der Waals surface area contributed by atoms with E-state index in [9.17, 15) is 18.0 Å². The molecule has 1 fully saturated rings. The SMILES string of the molecule is NC(=O)Oc1cccc2c(N[C@H](CN3CCC3)c3ccc(Cl)c(C(F)(F)F)c3)ncnc12. The van der Waals surface area contributed by atoms with Crippen LogP contribution in [-0.2, 0) is 6.18 Å². The lowest BCUT2D eigenvalue weighted by atomic mass is 10.0. The molecule has 1 aromatic heterocycles. The molecule has 2 aromatic carbocycles. The number of benzene rings is 2. The molecule has 2 heterocycles. The van der Waals surface area contributed by atoms with Crippen LogP contribution in [-0.4, -0.2) is 40.6 Å². The minimum absolute atomic E-state index is 0.158. The number of fused-ring (bicyclic) bond motifs is 1. The molecule has 3 aromatic rings. The largest absolute Gasteiger partial charge is 0.417 e. The third-order valence-corrected chi connectivity index (χ3v) is 5.57. The zero-order valence-electron chi connectivity index (χ0n) is 16.7. The van der Waals surface area contributed by atoms with E-state index in [1.54, 1.807) is 18.2 Å². The summed E-state index contributed by atoms with van der Waals surface area (Å²) < 4.78 is 45.3. The number of carbonyl (C=O) groups is 1. The molecular formula is C21H19ClF3N5O2. The van der Waals surface area contributed by atoms with Crippen molar-refractivity contribution in [1.82, 2.24) is 14.9 Å². The predicted octanol–water partition coefficient (Wildman–Crippen LogP) is 4.62. The van der Waals surface area contributed by atoms with Gasteiger partial charge in [-0.2, -0.15) is 13.2 Å². The van der Waals surface area contributed by atoms with Gasteiger partial charge in [0, 0.05) is 11.9 Å². The van der Waals surface area contributed by atoms with Crippen LogP contribution in [0.25, 0.3) is 10.9 Å². The van der Waals surface area contributed by atoms with Crippen LogP contribution >= 0.6 is 11.6 Å². The first-order valence-electron chi connectivity index (χ1n) is 9.79. The molecule has 1 atom stereocenters. The Morgan fingerprint density at radius 3 is 2.69 bits per heavy atom. The second kappa shape index (κ2) is 8.79. The predicted molar refractivity (Wildman–Crippen MR) is 114 cm³/mol. The van der Waals surface area contributed by atoms with E-state index in [4.69, 9.17) is 22.1 Å². The number of nitrogens with zero attached hydrogens (tertiary/aromatic N) is 3. The van der Waals surface area contributed by atoms with Gasteiger partial charge in [0.25, 0.3) is 0 Å². The van der Waals surface area contributed by atoms with Crippen LogP contribution in [0.5, 0.6) is 5.75 Å². The summed E-state index contributed by atoms with van der Waals surface area (Å²) in [5, 5.41) is 3.42. The Labute approximate surface area is 186 Å². The van der Waals surface area contributed by atoms with Crippen molar-refractivity contribution < 1.29 is 22.7 Å². The number of anilines is 1. The van der Waals surface area contributed by atoms with Crippen molar-refractivity contribution in [3.8, 4) is 5.75 Å². The molecule has 3 N–H and O–H groups in total. The Morgan fingerprint density at radius 2 is 2.03 bits per heavy atom. The number of ether oxygens (including phenoxy) is 1. The minimum atomic E-state index is -4.57. The van der Waals surface area contributed by atoms with E-state index >= 15 is 0 Å². The molecule has 32 heavy (non-hydrogen) atoms. The number of aromatic nitrogens is 2. The van der Waals surface area contributed by atoms with Gasteiger partial charge in [-0.25, -0.2) is 14.8 Å². The van der Waals surface area contributed by atoms with Crippen molar-refractivity contribution in [3.05, 3.63) is 58.9 Å². The third kappa shape index (κ3) is 4.71. The third-order valence-electron chi connectivity index (χ3n) is 5.24. The molecule has 0 bridgehead atoms. The topological polar surface area (TPSA) is 93.4 Å². The van der Waals surface area contributed by atoms with E-state index in [-0.39, 0.29) is 10.8 Å². The van der Waals surface area contributed by atoms with Crippen LogP contribution < -0.4 is 15.8 Å². The Hall–Kier alpha value is -3.11. The molecule has 4 rings (SSSR count). The van der Waals surface area contributed by atoms with Crippen LogP contribution in [0.2, 0.25) is 5.02 Å². The van der Waals surface area contributed by atoms with E-state index in [2.05, 4.69) is 20.2 Å². The summed E-state index contributed by atoms with van der Waals surface area (Å²) in [6, 6.07) is 8.27. The highest BCUT2D eigenvalue weighted by Gasteiger charge is 2.34. The molecule has 0 spiro atoms. The number of nitrogens with two attached hydrogens (primary N) is 1. The molecule has 7 nitrogen and oxygen atoms in total. The fourth-order valence-electron chi connectivity index (χ4n) is 3.56. The molecule has 0 aliphatic carbocycles. The fraction of sp³-hybridized carbons (Fsp3) is 0.286. The van der Waals surface area contributed by atoms with Gasteiger partial charge < -0.3 is 20.7 Å². The number of carbonyl (C=O) groups excluding carboxylic acids is 1.